The Labute approximate surface area is 125 Å². The van der Waals surface area contributed by atoms with Gasteiger partial charge in [0.1, 0.15) is 5.75 Å². The number of methoxy groups -OCH3 is 1. The number of ether oxygens (including phenoxy) is 1. The van der Waals surface area contributed by atoms with Gasteiger partial charge in [-0.15, -0.1) is 0 Å². The third-order valence-corrected chi connectivity index (χ3v) is 3.24. The van der Waals surface area contributed by atoms with Gasteiger partial charge in [-0.2, -0.15) is 0 Å². The van der Waals surface area contributed by atoms with Crippen molar-refractivity contribution in [2.75, 3.05) is 12.4 Å². The molecule has 0 bridgehead atoms. The summed E-state index contributed by atoms with van der Waals surface area (Å²) in [4.78, 5) is 12.2. The Morgan fingerprint density at radius 2 is 1.90 bits per heavy atom. The maximum atomic E-state index is 12.2. The van der Waals surface area contributed by atoms with E-state index in [-0.39, 0.29) is 5.78 Å². The van der Waals surface area contributed by atoms with Crippen LogP contribution in [0.4, 0.5) is 5.69 Å². The first kappa shape index (κ1) is 14.9. The van der Waals surface area contributed by atoms with E-state index in [0.717, 1.165) is 28.1 Å². The molecule has 2 aromatic carbocycles. The van der Waals surface area contributed by atoms with Crippen molar-refractivity contribution in [3.8, 4) is 5.75 Å². The second-order valence-electron chi connectivity index (χ2n) is 4.86. The lowest BCUT2D eigenvalue weighted by molar-refractivity contribution is 0.104. The van der Waals surface area contributed by atoms with E-state index in [9.17, 15) is 4.79 Å². The largest absolute Gasteiger partial charge is 0.495 e. The van der Waals surface area contributed by atoms with Crippen LogP contribution >= 0.6 is 0 Å². The quantitative estimate of drug-likeness (QED) is 0.662. The van der Waals surface area contributed by atoms with Crippen LogP contribution in [-0.4, -0.2) is 12.9 Å². The molecule has 0 radical (unpaired) electrons. The Bertz CT molecular complexity index is 675. The molecular formula is C18H19NO2. The zero-order valence-electron chi connectivity index (χ0n) is 12.5. The number of hydrogen-bond acceptors (Lipinski definition) is 3. The number of nitrogens with one attached hydrogen (secondary N) is 1. The summed E-state index contributed by atoms with van der Waals surface area (Å²) < 4.78 is 5.24. The first-order chi connectivity index (χ1) is 10.1. The zero-order valence-corrected chi connectivity index (χ0v) is 12.5. The van der Waals surface area contributed by atoms with Crippen molar-refractivity contribution in [1.29, 1.82) is 0 Å². The first-order valence-electron chi connectivity index (χ1n) is 6.79. The van der Waals surface area contributed by atoms with Crippen LogP contribution in [-0.2, 0) is 0 Å². The minimum atomic E-state index is -0.0152. The lowest BCUT2D eigenvalue weighted by Crippen LogP contribution is -2.00. The predicted octanol–water partition coefficient (Wildman–Crippen LogP) is 4.12. The molecule has 0 aliphatic carbocycles. The van der Waals surface area contributed by atoms with Crippen molar-refractivity contribution in [2.45, 2.75) is 13.8 Å². The van der Waals surface area contributed by atoms with E-state index in [1.807, 2.05) is 56.3 Å². The highest BCUT2D eigenvalue weighted by atomic mass is 16.5. The van der Waals surface area contributed by atoms with E-state index in [0.29, 0.717) is 0 Å². The van der Waals surface area contributed by atoms with Crippen LogP contribution in [0.3, 0.4) is 0 Å². The van der Waals surface area contributed by atoms with Gasteiger partial charge in [-0.25, -0.2) is 0 Å². The molecule has 3 nitrogen and oxygen atoms in total. The second kappa shape index (κ2) is 6.75. The third kappa shape index (κ3) is 3.72. The van der Waals surface area contributed by atoms with Gasteiger partial charge in [0, 0.05) is 17.8 Å². The van der Waals surface area contributed by atoms with Gasteiger partial charge >= 0.3 is 0 Å². The number of benzene rings is 2. The highest BCUT2D eigenvalue weighted by Crippen LogP contribution is 2.22. The summed E-state index contributed by atoms with van der Waals surface area (Å²) in [5.74, 6) is 0.722. The van der Waals surface area contributed by atoms with E-state index < -0.39 is 0 Å². The molecule has 0 amide bonds. The number of hydrogen-bond donors (Lipinski definition) is 1. The standard InChI is InChI=1S/C18H19NO2/c1-13-8-9-14(2)15(12-13)17(20)10-11-19-16-6-4-5-7-18(16)21-3/h4-12,19H,1-3H3. The average Bonchev–Trinajstić information content (AvgIpc) is 2.50. The molecule has 108 valence electrons. The van der Waals surface area contributed by atoms with Gasteiger partial charge in [0.2, 0.25) is 0 Å². The molecule has 1 N–H and O–H groups in total. The summed E-state index contributed by atoms with van der Waals surface area (Å²) in [6.07, 6.45) is 3.18. The average molecular weight is 281 g/mol. The smallest absolute Gasteiger partial charge is 0.187 e. The molecule has 0 aliphatic rings. The van der Waals surface area contributed by atoms with Crippen LogP contribution in [0.25, 0.3) is 0 Å². The topological polar surface area (TPSA) is 38.3 Å². The summed E-state index contributed by atoms with van der Waals surface area (Å²) in [5, 5.41) is 3.07. The van der Waals surface area contributed by atoms with Gasteiger partial charge in [0.25, 0.3) is 0 Å². The second-order valence-corrected chi connectivity index (χ2v) is 4.86. The van der Waals surface area contributed by atoms with Gasteiger partial charge in [0.05, 0.1) is 12.8 Å². The maximum absolute atomic E-state index is 12.2. The third-order valence-electron chi connectivity index (χ3n) is 3.24. The molecule has 0 atom stereocenters. The summed E-state index contributed by atoms with van der Waals surface area (Å²) in [6.45, 7) is 3.92. The monoisotopic (exact) mass is 281 g/mol. The van der Waals surface area contributed by atoms with Crippen LogP contribution in [0.15, 0.2) is 54.7 Å². The molecule has 0 heterocycles. The van der Waals surface area contributed by atoms with E-state index in [1.165, 1.54) is 6.08 Å². The van der Waals surface area contributed by atoms with E-state index >= 15 is 0 Å². The minimum absolute atomic E-state index is 0.0152. The molecular weight excluding hydrogens is 262 g/mol. The molecule has 0 aromatic heterocycles. The van der Waals surface area contributed by atoms with Crippen molar-refractivity contribution >= 4 is 11.5 Å². The molecule has 0 unspecified atom stereocenters. The zero-order chi connectivity index (χ0) is 15.2. The molecule has 3 heteroatoms. The first-order valence-corrected chi connectivity index (χ1v) is 6.79. The molecule has 0 aliphatic heterocycles. The Balaban J connectivity index is 2.11. The van der Waals surface area contributed by atoms with Gasteiger partial charge in [-0.3, -0.25) is 4.79 Å². The minimum Gasteiger partial charge on any atom is -0.495 e. The molecule has 2 rings (SSSR count). The number of anilines is 1. The van der Waals surface area contributed by atoms with Gasteiger partial charge in [0.15, 0.2) is 5.78 Å². The van der Waals surface area contributed by atoms with E-state index in [4.69, 9.17) is 4.74 Å². The van der Waals surface area contributed by atoms with Crippen LogP contribution in [0.2, 0.25) is 0 Å². The number of rotatable bonds is 5. The molecule has 21 heavy (non-hydrogen) atoms. The van der Waals surface area contributed by atoms with Crippen molar-refractivity contribution in [3.05, 3.63) is 71.4 Å². The van der Waals surface area contributed by atoms with Crippen molar-refractivity contribution in [2.24, 2.45) is 0 Å². The number of ketones is 1. The maximum Gasteiger partial charge on any atom is 0.187 e. The highest BCUT2D eigenvalue weighted by molar-refractivity contribution is 6.05. The van der Waals surface area contributed by atoms with E-state index in [1.54, 1.807) is 13.3 Å². The number of aryl methyl sites for hydroxylation is 2. The SMILES string of the molecule is COc1ccccc1NC=CC(=O)c1cc(C)ccc1C. The van der Waals surface area contributed by atoms with Crippen LogP contribution in [0.1, 0.15) is 21.5 Å². The number of para-hydroxylation sites is 2. The van der Waals surface area contributed by atoms with Gasteiger partial charge in [-0.05, 0) is 37.6 Å². The number of carbonyl (C=O) groups excluding carboxylic acids is 1. The van der Waals surface area contributed by atoms with Crippen LogP contribution in [0, 0.1) is 13.8 Å². The fourth-order valence-corrected chi connectivity index (χ4v) is 2.06. The summed E-state index contributed by atoms with van der Waals surface area (Å²) in [6, 6.07) is 13.4. The molecule has 0 saturated carbocycles. The molecule has 0 fully saturated rings. The summed E-state index contributed by atoms with van der Waals surface area (Å²) in [7, 11) is 1.62. The lowest BCUT2D eigenvalue weighted by Gasteiger charge is -2.07. The fraction of sp³-hybridized carbons (Fsp3) is 0.167. The molecule has 0 spiro atoms. The Hall–Kier alpha value is -2.55. The molecule has 2 aromatic rings. The van der Waals surface area contributed by atoms with Crippen molar-refractivity contribution in [3.63, 3.8) is 0 Å². The number of allylic oxidation sites excluding steroid dienone is 1. The normalized spacial score (nSPS) is 10.6. The van der Waals surface area contributed by atoms with Crippen molar-refractivity contribution in [1.82, 2.24) is 0 Å². The van der Waals surface area contributed by atoms with Gasteiger partial charge in [-0.1, -0.05) is 29.8 Å². The van der Waals surface area contributed by atoms with E-state index in [2.05, 4.69) is 5.32 Å². The van der Waals surface area contributed by atoms with Crippen molar-refractivity contribution < 1.29 is 9.53 Å². The van der Waals surface area contributed by atoms with Crippen LogP contribution in [0.5, 0.6) is 5.75 Å². The fourth-order valence-electron chi connectivity index (χ4n) is 2.06. The molecule has 0 saturated heterocycles. The highest BCUT2D eigenvalue weighted by Gasteiger charge is 2.06. The Kier molecular flexibility index (Phi) is 4.77. The predicted molar refractivity (Wildman–Crippen MR) is 86.0 cm³/mol. The summed E-state index contributed by atoms with van der Waals surface area (Å²) in [5.41, 5.74) is 3.61. The Morgan fingerprint density at radius 1 is 1.14 bits per heavy atom. The van der Waals surface area contributed by atoms with Gasteiger partial charge < -0.3 is 10.1 Å². The number of carbonyl (C=O) groups is 1. The Morgan fingerprint density at radius 3 is 2.67 bits per heavy atom. The summed E-state index contributed by atoms with van der Waals surface area (Å²) >= 11 is 0. The lowest BCUT2D eigenvalue weighted by atomic mass is 10.0. The van der Waals surface area contributed by atoms with Crippen LogP contribution < -0.4 is 10.1 Å².